The Morgan fingerprint density at radius 3 is 1.65 bits per heavy atom. The first-order chi connectivity index (χ1) is 21.2. The number of fused-ring (bicyclic) bond motifs is 12. The molecule has 9 aromatic rings. The van der Waals surface area contributed by atoms with Crippen molar-refractivity contribution in [2.24, 2.45) is 0 Å². The van der Waals surface area contributed by atoms with Gasteiger partial charge in [0.15, 0.2) is 17.1 Å². The summed E-state index contributed by atoms with van der Waals surface area (Å²) in [4.78, 5) is 0. The maximum Gasteiger partial charge on any atom is 0.229 e. The van der Waals surface area contributed by atoms with Crippen LogP contribution < -0.4 is 11.1 Å². The van der Waals surface area contributed by atoms with Gasteiger partial charge in [-0.1, -0.05) is 72.8 Å². The molecule has 0 atom stereocenters. The molecule has 8 nitrogen and oxygen atoms in total. The topological polar surface area (TPSA) is 98.4 Å². The Labute approximate surface area is 245 Å². The van der Waals surface area contributed by atoms with E-state index in [-0.39, 0.29) is 0 Å². The van der Waals surface area contributed by atoms with Gasteiger partial charge in [-0.15, -0.1) is 20.4 Å². The summed E-state index contributed by atoms with van der Waals surface area (Å²) < 4.78 is 4.27. The summed E-state index contributed by atoms with van der Waals surface area (Å²) in [7, 11) is 1.87. The van der Waals surface area contributed by atoms with E-state index in [1.807, 2.05) is 37.4 Å². The van der Waals surface area contributed by atoms with Crippen molar-refractivity contribution in [3.05, 3.63) is 109 Å². The van der Waals surface area contributed by atoms with Crippen LogP contribution in [0.1, 0.15) is 0 Å². The molecule has 4 heterocycles. The molecule has 0 aliphatic heterocycles. The van der Waals surface area contributed by atoms with E-state index in [4.69, 9.17) is 15.9 Å². The van der Waals surface area contributed by atoms with Gasteiger partial charge in [-0.25, -0.2) is 0 Å². The van der Waals surface area contributed by atoms with Gasteiger partial charge < -0.3 is 11.1 Å². The number of nitrogen functional groups attached to an aromatic ring is 1. The smallest absolute Gasteiger partial charge is 0.229 e. The molecular weight excluding hydrogens is 532 g/mol. The maximum atomic E-state index is 5.89. The van der Waals surface area contributed by atoms with Crippen LogP contribution in [0.2, 0.25) is 0 Å². The first-order valence-corrected chi connectivity index (χ1v) is 14.1. The molecule has 9 rings (SSSR count). The Balaban J connectivity index is 1.35. The minimum Gasteiger partial charge on any atom is -0.399 e. The third kappa shape index (κ3) is 3.31. The van der Waals surface area contributed by atoms with Crippen molar-refractivity contribution in [3.63, 3.8) is 0 Å². The Morgan fingerprint density at radius 1 is 0.512 bits per heavy atom. The molecule has 0 spiro atoms. The highest BCUT2D eigenvalue weighted by atomic mass is 15.3. The summed E-state index contributed by atoms with van der Waals surface area (Å²) in [6, 6.07) is 37.7. The number of benzene rings is 5. The van der Waals surface area contributed by atoms with E-state index in [0.717, 1.165) is 82.8 Å². The maximum absolute atomic E-state index is 5.89. The van der Waals surface area contributed by atoms with Gasteiger partial charge in [-0.2, -0.15) is 0 Å². The summed E-state index contributed by atoms with van der Waals surface area (Å²) >= 11 is 0. The van der Waals surface area contributed by atoms with Crippen LogP contribution in [0.4, 0.5) is 11.6 Å². The lowest BCUT2D eigenvalue weighted by molar-refractivity contribution is 1.10. The van der Waals surface area contributed by atoms with Crippen LogP contribution in [0.5, 0.6) is 0 Å². The quantitative estimate of drug-likeness (QED) is 0.134. The number of para-hydroxylation sites is 2. The van der Waals surface area contributed by atoms with Crippen molar-refractivity contribution in [2.75, 3.05) is 18.1 Å². The van der Waals surface area contributed by atoms with Crippen molar-refractivity contribution in [2.45, 2.75) is 0 Å². The number of nitrogens with zero attached hydrogens (tertiary/aromatic N) is 6. The molecule has 43 heavy (non-hydrogen) atoms. The first-order valence-electron chi connectivity index (χ1n) is 14.1. The standard InChI is InChI=1S/C35H24N8/c1-37-35-41-40-34-29-19-26-24-6-2-4-8-30(24)42-32(22-12-10-20(11-13-22)21-14-16-23(36)17-15-21)38-39-33(42)28(26)18-27(29)25-7-3-5-9-31(25)43(34)35/h2-19H,36H2,1H3,(H,37,41). The van der Waals surface area contributed by atoms with E-state index in [0.29, 0.717) is 5.95 Å². The fraction of sp³-hybridized carbons (Fsp3) is 0.0286. The molecule has 204 valence electrons. The summed E-state index contributed by atoms with van der Waals surface area (Å²) in [5, 5.41) is 28.3. The molecule has 0 aliphatic rings. The van der Waals surface area contributed by atoms with Gasteiger partial charge in [0.1, 0.15) is 0 Å². The van der Waals surface area contributed by atoms with E-state index < -0.39 is 0 Å². The number of aromatic nitrogens is 6. The Morgan fingerprint density at radius 2 is 1.02 bits per heavy atom. The Kier molecular flexibility index (Phi) is 4.81. The lowest BCUT2D eigenvalue weighted by Gasteiger charge is -2.13. The van der Waals surface area contributed by atoms with Crippen LogP contribution in [-0.4, -0.2) is 36.2 Å². The lowest BCUT2D eigenvalue weighted by Crippen LogP contribution is -1.98. The van der Waals surface area contributed by atoms with Gasteiger partial charge >= 0.3 is 0 Å². The molecule has 3 N–H and O–H groups in total. The molecule has 0 bridgehead atoms. The number of rotatable bonds is 3. The van der Waals surface area contributed by atoms with E-state index in [1.54, 1.807) is 0 Å². The average molecular weight is 557 g/mol. The predicted octanol–water partition coefficient (Wildman–Crippen LogP) is 7.34. The number of nitrogens with one attached hydrogen (secondary N) is 1. The number of anilines is 2. The Hall–Kier alpha value is -6.02. The third-order valence-electron chi connectivity index (χ3n) is 8.45. The van der Waals surface area contributed by atoms with Gasteiger partial charge in [0.2, 0.25) is 5.95 Å². The van der Waals surface area contributed by atoms with Crippen LogP contribution in [0.15, 0.2) is 109 Å². The highest BCUT2D eigenvalue weighted by molar-refractivity contribution is 6.22. The fourth-order valence-corrected chi connectivity index (χ4v) is 6.42. The van der Waals surface area contributed by atoms with E-state index >= 15 is 0 Å². The molecule has 0 saturated carbocycles. The monoisotopic (exact) mass is 556 g/mol. The number of nitrogens with two attached hydrogens (primary N) is 1. The van der Waals surface area contributed by atoms with Crippen molar-refractivity contribution >= 4 is 66.3 Å². The highest BCUT2D eigenvalue weighted by Crippen LogP contribution is 2.38. The van der Waals surface area contributed by atoms with Crippen LogP contribution in [-0.2, 0) is 0 Å². The normalized spacial score (nSPS) is 11.9. The molecule has 4 aromatic heterocycles. The van der Waals surface area contributed by atoms with Crippen molar-refractivity contribution in [1.82, 2.24) is 29.2 Å². The second-order valence-corrected chi connectivity index (χ2v) is 10.8. The molecule has 0 saturated heterocycles. The minimum absolute atomic E-state index is 0.706. The van der Waals surface area contributed by atoms with E-state index in [1.165, 1.54) is 0 Å². The van der Waals surface area contributed by atoms with Crippen LogP contribution in [0.25, 0.3) is 77.2 Å². The van der Waals surface area contributed by atoms with Gasteiger partial charge in [-0.05, 0) is 58.3 Å². The zero-order valence-electron chi connectivity index (χ0n) is 23.2. The molecule has 0 radical (unpaired) electrons. The van der Waals surface area contributed by atoms with Crippen molar-refractivity contribution in [1.29, 1.82) is 0 Å². The first kappa shape index (κ1) is 23.7. The third-order valence-corrected chi connectivity index (χ3v) is 8.45. The lowest BCUT2D eigenvalue weighted by atomic mass is 9.98. The molecule has 0 fully saturated rings. The molecule has 0 aliphatic carbocycles. The second kappa shape index (κ2) is 8.74. The zero-order valence-corrected chi connectivity index (χ0v) is 23.2. The summed E-state index contributed by atoms with van der Waals surface area (Å²) in [5.41, 5.74) is 13.6. The number of pyridine rings is 2. The minimum atomic E-state index is 0.706. The predicted molar refractivity (Wildman–Crippen MR) is 174 cm³/mol. The van der Waals surface area contributed by atoms with Gasteiger partial charge in [-0.3, -0.25) is 8.80 Å². The fourth-order valence-electron chi connectivity index (χ4n) is 6.42. The van der Waals surface area contributed by atoms with Crippen LogP contribution in [0, 0.1) is 0 Å². The molecule has 0 unspecified atom stereocenters. The molecular formula is C35H24N8. The van der Waals surface area contributed by atoms with E-state index in [9.17, 15) is 0 Å². The van der Waals surface area contributed by atoms with Crippen molar-refractivity contribution in [3.8, 4) is 22.5 Å². The van der Waals surface area contributed by atoms with Gasteiger partial charge in [0.05, 0.1) is 11.0 Å². The average Bonchev–Trinajstić information content (AvgIpc) is 3.71. The highest BCUT2D eigenvalue weighted by Gasteiger charge is 2.20. The molecule has 5 aromatic carbocycles. The number of hydrogen-bond donors (Lipinski definition) is 2. The zero-order chi connectivity index (χ0) is 28.7. The summed E-state index contributed by atoms with van der Waals surface area (Å²) in [5.74, 6) is 1.51. The van der Waals surface area contributed by atoms with Crippen molar-refractivity contribution < 1.29 is 0 Å². The molecule has 0 amide bonds. The largest absolute Gasteiger partial charge is 0.399 e. The SMILES string of the molecule is CNc1nnc2c3cc4c5ccccc5n5c(-c6ccc(-c7ccc(N)cc7)cc6)nnc5c4cc3c3ccccc3n12. The van der Waals surface area contributed by atoms with Gasteiger partial charge in [0, 0.05) is 39.8 Å². The summed E-state index contributed by atoms with van der Waals surface area (Å²) in [6.45, 7) is 0. The second-order valence-electron chi connectivity index (χ2n) is 10.8. The summed E-state index contributed by atoms with van der Waals surface area (Å²) in [6.07, 6.45) is 0. The van der Waals surface area contributed by atoms with Crippen LogP contribution >= 0.6 is 0 Å². The molecule has 8 heteroatoms. The number of hydrogen-bond acceptors (Lipinski definition) is 6. The van der Waals surface area contributed by atoms with Crippen LogP contribution in [0.3, 0.4) is 0 Å². The van der Waals surface area contributed by atoms with Gasteiger partial charge in [0.25, 0.3) is 0 Å². The Bertz CT molecular complexity index is 2540. The van der Waals surface area contributed by atoms with E-state index in [2.05, 4.69) is 103 Å².